The Hall–Kier alpha value is -2.34. The predicted octanol–water partition coefficient (Wildman–Crippen LogP) is 5.01. The molecule has 0 N–H and O–H groups in total. The van der Waals surface area contributed by atoms with Crippen molar-refractivity contribution in [3.05, 3.63) is 65.2 Å². The van der Waals surface area contributed by atoms with E-state index < -0.39 is 10.1 Å². The fraction of sp³-hybridized carbons (Fsp3) is 0.458. The minimum Gasteiger partial charge on any atom is -0.382 e. The van der Waals surface area contributed by atoms with Crippen LogP contribution < -0.4 is 4.18 Å². The molecule has 0 bridgehead atoms. The van der Waals surface area contributed by atoms with Gasteiger partial charge in [-0.3, -0.25) is 4.79 Å². The van der Waals surface area contributed by atoms with Crippen LogP contribution in [-0.4, -0.2) is 31.5 Å². The number of rotatable bonds is 8. The fourth-order valence-electron chi connectivity index (χ4n) is 3.03. The lowest BCUT2D eigenvalue weighted by Crippen LogP contribution is -2.33. The van der Waals surface area contributed by atoms with Crippen molar-refractivity contribution in [2.45, 2.75) is 53.5 Å². The third kappa shape index (κ3) is 6.87. The number of carbonyl (C=O) groups excluding carboxylic acids is 1. The fourth-order valence-corrected chi connectivity index (χ4v) is 3.55. The van der Waals surface area contributed by atoms with Gasteiger partial charge in [-0.25, -0.2) is 0 Å². The van der Waals surface area contributed by atoms with Crippen molar-refractivity contribution in [3.63, 3.8) is 0 Å². The molecule has 0 aliphatic rings. The number of hydrogen-bond donors (Lipinski definition) is 0. The molecule has 5 nitrogen and oxygen atoms in total. The molecule has 0 fully saturated rings. The predicted molar refractivity (Wildman–Crippen MR) is 121 cm³/mol. The highest BCUT2D eigenvalue weighted by Gasteiger charge is 2.19. The van der Waals surface area contributed by atoms with Crippen molar-refractivity contribution in [1.29, 1.82) is 0 Å². The lowest BCUT2D eigenvalue weighted by molar-refractivity contribution is 0.0722. The maximum absolute atomic E-state index is 13.2. The first kappa shape index (κ1) is 23.9. The summed E-state index contributed by atoms with van der Waals surface area (Å²) in [6.07, 6.45) is 0. The van der Waals surface area contributed by atoms with Crippen molar-refractivity contribution in [3.8, 4) is 5.75 Å². The van der Waals surface area contributed by atoms with Gasteiger partial charge in [-0.2, -0.15) is 8.42 Å². The Balaban J connectivity index is 2.18. The van der Waals surface area contributed by atoms with Gasteiger partial charge in [0, 0.05) is 18.7 Å². The minimum absolute atomic E-state index is 0.0157. The first-order valence-electron chi connectivity index (χ1n) is 10.3. The molecule has 0 atom stereocenters. The minimum atomic E-state index is -3.55. The molecule has 0 aliphatic carbocycles. The average molecular weight is 432 g/mol. The van der Waals surface area contributed by atoms with Crippen molar-refractivity contribution in [2.24, 2.45) is 5.92 Å². The third-order valence-corrected chi connectivity index (χ3v) is 5.90. The standard InChI is InChI=1S/C24H33NO4S/c1-7-30(27,28)29-22-14-8-19(9-15-22)17-25(16-18(2)3)23(26)20-10-12-21(13-11-20)24(4,5)6/h8-15,18H,7,16-17H2,1-6H3. The highest BCUT2D eigenvalue weighted by molar-refractivity contribution is 7.87. The quantitative estimate of drug-likeness (QED) is 0.551. The summed E-state index contributed by atoms with van der Waals surface area (Å²) in [6, 6.07) is 14.7. The van der Waals surface area contributed by atoms with Gasteiger partial charge in [0.25, 0.3) is 5.91 Å². The van der Waals surface area contributed by atoms with E-state index in [-0.39, 0.29) is 22.8 Å². The van der Waals surface area contributed by atoms with Gasteiger partial charge in [-0.05, 0) is 53.6 Å². The highest BCUT2D eigenvalue weighted by atomic mass is 32.2. The summed E-state index contributed by atoms with van der Waals surface area (Å²) < 4.78 is 28.2. The molecular weight excluding hydrogens is 398 g/mol. The molecule has 30 heavy (non-hydrogen) atoms. The van der Waals surface area contributed by atoms with E-state index >= 15 is 0 Å². The van der Waals surface area contributed by atoms with E-state index in [1.807, 2.05) is 29.2 Å². The van der Waals surface area contributed by atoms with Crippen LogP contribution in [-0.2, 0) is 22.1 Å². The number of amides is 1. The Kier molecular flexibility index (Phi) is 7.70. The van der Waals surface area contributed by atoms with E-state index in [0.29, 0.717) is 24.6 Å². The lowest BCUT2D eigenvalue weighted by Gasteiger charge is -2.25. The summed E-state index contributed by atoms with van der Waals surface area (Å²) in [7, 11) is -3.55. The van der Waals surface area contributed by atoms with Crippen LogP contribution in [0.25, 0.3) is 0 Å². The van der Waals surface area contributed by atoms with E-state index in [2.05, 4.69) is 34.6 Å². The lowest BCUT2D eigenvalue weighted by atomic mass is 9.86. The summed E-state index contributed by atoms with van der Waals surface area (Å²) in [5.74, 6) is 0.498. The van der Waals surface area contributed by atoms with E-state index in [4.69, 9.17) is 4.18 Å². The largest absolute Gasteiger partial charge is 0.382 e. The zero-order valence-electron chi connectivity index (χ0n) is 18.8. The maximum atomic E-state index is 13.2. The van der Waals surface area contributed by atoms with Crippen molar-refractivity contribution >= 4 is 16.0 Å². The number of hydrogen-bond acceptors (Lipinski definition) is 4. The summed E-state index contributed by atoms with van der Waals surface area (Å²) in [5, 5.41) is 0. The van der Waals surface area contributed by atoms with Gasteiger partial charge in [0.1, 0.15) is 5.75 Å². The molecule has 164 valence electrons. The second-order valence-electron chi connectivity index (χ2n) is 8.98. The molecular formula is C24H33NO4S. The number of carbonyl (C=O) groups is 1. The van der Waals surface area contributed by atoms with Gasteiger partial charge < -0.3 is 9.08 Å². The molecule has 0 saturated carbocycles. The molecule has 1 amide bonds. The van der Waals surface area contributed by atoms with Crippen LogP contribution in [0.5, 0.6) is 5.75 Å². The topological polar surface area (TPSA) is 63.7 Å². The van der Waals surface area contributed by atoms with Gasteiger partial charge >= 0.3 is 10.1 Å². The van der Waals surface area contributed by atoms with Crippen LogP contribution in [0.3, 0.4) is 0 Å². The summed E-state index contributed by atoms with van der Waals surface area (Å²) in [6.45, 7) is 13.2. The maximum Gasteiger partial charge on any atom is 0.308 e. The van der Waals surface area contributed by atoms with E-state index in [1.165, 1.54) is 12.5 Å². The molecule has 0 aromatic heterocycles. The summed E-state index contributed by atoms with van der Waals surface area (Å²) in [4.78, 5) is 15.0. The molecule has 6 heteroatoms. The Labute approximate surface area is 181 Å². The molecule has 0 unspecified atom stereocenters. The summed E-state index contributed by atoms with van der Waals surface area (Å²) in [5.41, 5.74) is 2.80. The van der Waals surface area contributed by atoms with E-state index in [1.54, 1.807) is 24.3 Å². The monoisotopic (exact) mass is 431 g/mol. The van der Waals surface area contributed by atoms with Crippen molar-refractivity contribution in [1.82, 2.24) is 4.90 Å². The Morgan fingerprint density at radius 1 is 1.00 bits per heavy atom. The van der Waals surface area contributed by atoms with Crippen LogP contribution in [0.15, 0.2) is 48.5 Å². The van der Waals surface area contributed by atoms with Gasteiger partial charge in [0.2, 0.25) is 0 Å². The second kappa shape index (κ2) is 9.65. The Morgan fingerprint density at radius 3 is 2.03 bits per heavy atom. The Morgan fingerprint density at radius 2 is 1.57 bits per heavy atom. The zero-order valence-corrected chi connectivity index (χ0v) is 19.6. The van der Waals surface area contributed by atoms with Crippen molar-refractivity contribution in [2.75, 3.05) is 12.3 Å². The normalized spacial score (nSPS) is 12.1. The van der Waals surface area contributed by atoms with Crippen LogP contribution in [0, 0.1) is 5.92 Å². The van der Waals surface area contributed by atoms with Gasteiger partial charge in [-0.1, -0.05) is 58.9 Å². The number of benzene rings is 2. The molecule has 0 radical (unpaired) electrons. The van der Waals surface area contributed by atoms with Gasteiger partial charge in [-0.15, -0.1) is 0 Å². The van der Waals surface area contributed by atoms with E-state index in [9.17, 15) is 13.2 Å². The first-order chi connectivity index (χ1) is 13.9. The smallest absolute Gasteiger partial charge is 0.308 e. The zero-order chi connectivity index (χ0) is 22.5. The Bertz CT molecular complexity index is 940. The second-order valence-corrected chi connectivity index (χ2v) is 10.8. The number of nitrogens with zero attached hydrogens (tertiary/aromatic N) is 1. The highest BCUT2D eigenvalue weighted by Crippen LogP contribution is 2.23. The SMILES string of the molecule is CCS(=O)(=O)Oc1ccc(CN(CC(C)C)C(=O)c2ccc(C(C)(C)C)cc2)cc1. The van der Waals surface area contributed by atoms with Crippen LogP contribution in [0.4, 0.5) is 0 Å². The van der Waals surface area contributed by atoms with Crippen LogP contribution >= 0.6 is 0 Å². The molecule has 0 saturated heterocycles. The van der Waals surface area contributed by atoms with Crippen molar-refractivity contribution < 1.29 is 17.4 Å². The van der Waals surface area contributed by atoms with Crippen LogP contribution in [0.2, 0.25) is 0 Å². The van der Waals surface area contributed by atoms with Gasteiger partial charge in [0.05, 0.1) is 5.75 Å². The van der Waals surface area contributed by atoms with Crippen LogP contribution in [0.1, 0.15) is 63.0 Å². The summed E-state index contributed by atoms with van der Waals surface area (Å²) >= 11 is 0. The molecule has 2 rings (SSSR count). The molecule has 0 spiro atoms. The first-order valence-corrected chi connectivity index (χ1v) is 11.9. The van der Waals surface area contributed by atoms with Gasteiger partial charge in [0.15, 0.2) is 0 Å². The molecule has 0 heterocycles. The molecule has 2 aromatic carbocycles. The van der Waals surface area contributed by atoms with E-state index in [0.717, 1.165) is 5.56 Å². The molecule has 2 aromatic rings. The third-order valence-electron chi connectivity index (χ3n) is 4.74. The molecule has 0 aliphatic heterocycles. The average Bonchev–Trinajstić information content (AvgIpc) is 2.67.